The molecule has 0 saturated heterocycles. The maximum Gasteiger partial charge on any atom is 0.168 e. The van der Waals surface area contributed by atoms with Gasteiger partial charge in [0.15, 0.2) is 5.78 Å². The largest absolute Gasteiger partial charge is 0.378 e. The Morgan fingerprint density at radius 1 is 1.67 bits per heavy atom. The first-order valence-electron chi connectivity index (χ1n) is 5.22. The highest BCUT2D eigenvalue weighted by atomic mass is 16.5. The average molecular weight is 208 g/mol. The molecule has 1 aliphatic carbocycles. The van der Waals surface area contributed by atoms with Gasteiger partial charge < -0.3 is 4.74 Å². The molecule has 1 aromatic heterocycles. The monoisotopic (exact) mass is 208 g/mol. The maximum absolute atomic E-state index is 11.9. The second-order valence-electron chi connectivity index (χ2n) is 4.24. The summed E-state index contributed by atoms with van der Waals surface area (Å²) in [6.45, 7) is 0. The quantitative estimate of drug-likeness (QED) is 0.705. The van der Waals surface area contributed by atoms with Crippen LogP contribution in [0.25, 0.3) is 0 Å². The SMILES string of the molecule is COC1(CC(=O)c2cnn(C)c2)CCC1. The van der Waals surface area contributed by atoms with Crippen molar-refractivity contribution in [2.75, 3.05) is 7.11 Å². The number of carbonyl (C=O) groups excluding carboxylic acids is 1. The fourth-order valence-corrected chi connectivity index (χ4v) is 1.98. The van der Waals surface area contributed by atoms with Crippen LogP contribution in [0.4, 0.5) is 0 Å². The van der Waals surface area contributed by atoms with Gasteiger partial charge in [0.1, 0.15) is 0 Å². The van der Waals surface area contributed by atoms with Gasteiger partial charge in [-0.2, -0.15) is 5.10 Å². The van der Waals surface area contributed by atoms with E-state index in [4.69, 9.17) is 4.74 Å². The van der Waals surface area contributed by atoms with Gasteiger partial charge in [0.25, 0.3) is 0 Å². The number of methoxy groups -OCH3 is 1. The Balaban J connectivity index is 2.03. The summed E-state index contributed by atoms with van der Waals surface area (Å²) in [7, 11) is 3.50. The van der Waals surface area contributed by atoms with Crippen molar-refractivity contribution in [1.29, 1.82) is 0 Å². The Kier molecular flexibility index (Phi) is 2.61. The lowest BCUT2D eigenvalue weighted by atomic mass is 9.76. The fraction of sp³-hybridized carbons (Fsp3) is 0.636. The predicted octanol–water partition coefficient (Wildman–Crippen LogP) is 1.56. The third kappa shape index (κ3) is 1.95. The van der Waals surface area contributed by atoms with Gasteiger partial charge in [-0.05, 0) is 19.3 Å². The molecule has 2 rings (SSSR count). The van der Waals surface area contributed by atoms with Gasteiger partial charge in [-0.3, -0.25) is 9.48 Å². The molecule has 0 spiro atoms. The summed E-state index contributed by atoms with van der Waals surface area (Å²) in [4.78, 5) is 11.9. The molecular formula is C11H16N2O2. The molecule has 1 aliphatic rings. The maximum atomic E-state index is 11.9. The Bertz CT molecular complexity index is 361. The minimum atomic E-state index is -0.188. The summed E-state index contributed by atoms with van der Waals surface area (Å²) in [5, 5.41) is 3.99. The van der Waals surface area contributed by atoms with E-state index >= 15 is 0 Å². The Morgan fingerprint density at radius 3 is 2.80 bits per heavy atom. The van der Waals surface area contributed by atoms with E-state index in [1.807, 2.05) is 7.05 Å². The van der Waals surface area contributed by atoms with Gasteiger partial charge >= 0.3 is 0 Å². The van der Waals surface area contributed by atoms with Crippen LogP contribution >= 0.6 is 0 Å². The molecule has 0 atom stereocenters. The van der Waals surface area contributed by atoms with Gasteiger partial charge in [0.2, 0.25) is 0 Å². The van der Waals surface area contributed by atoms with Crippen LogP contribution in [0.2, 0.25) is 0 Å². The van der Waals surface area contributed by atoms with Gasteiger partial charge in [0, 0.05) is 26.8 Å². The zero-order chi connectivity index (χ0) is 10.9. The third-order valence-electron chi connectivity index (χ3n) is 3.21. The smallest absolute Gasteiger partial charge is 0.168 e. The lowest BCUT2D eigenvalue weighted by Gasteiger charge is -2.39. The van der Waals surface area contributed by atoms with Gasteiger partial charge in [-0.15, -0.1) is 0 Å². The van der Waals surface area contributed by atoms with Crippen LogP contribution in [0.5, 0.6) is 0 Å². The first kappa shape index (κ1) is 10.4. The van der Waals surface area contributed by atoms with Crippen LogP contribution in [0.15, 0.2) is 12.4 Å². The minimum absolute atomic E-state index is 0.129. The van der Waals surface area contributed by atoms with E-state index in [1.165, 1.54) is 0 Å². The van der Waals surface area contributed by atoms with Crippen molar-refractivity contribution in [3.8, 4) is 0 Å². The highest BCUT2D eigenvalue weighted by Crippen LogP contribution is 2.38. The standard InChI is InChI=1S/C11H16N2O2/c1-13-8-9(7-12-13)10(14)6-11(15-2)4-3-5-11/h7-8H,3-6H2,1-2H3. The number of carbonyl (C=O) groups is 1. The lowest BCUT2D eigenvalue weighted by Crippen LogP contribution is -2.41. The van der Waals surface area contributed by atoms with E-state index in [-0.39, 0.29) is 11.4 Å². The first-order chi connectivity index (χ1) is 7.15. The summed E-state index contributed by atoms with van der Waals surface area (Å²) in [5.74, 6) is 0.129. The first-order valence-corrected chi connectivity index (χ1v) is 5.22. The summed E-state index contributed by atoms with van der Waals surface area (Å²) in [6, 6.07) is 0. The van der Waals surface area contributed by atoms with E-state index in [2.05, 4.69) is 5.10 Å². The van der Waals surface area contributed by atoms with Crippen molar-refractivity contribution < 1.29 is 9.53 Å². The molecule has 4 nitrogen and oxygen atoms in total. The molecule has 0 bridgehead atoms. The van der Waals surface area contributed by atoms with Crippen molar-refractivity contribution in [2.24, 2.45) is 7.05 Å². The molecule has 0 aliphatic heterocycles. The molecule has 15 heavy (non-hydrogen) atoms. The van der Waals surface area contributed by atoms with Gasteiger partial charge in [0.05, 0.1) is 17.4 Å². The molecule has 0 aromatic carbocycles. The lowest BCUT2D eigenvalue weighted by molar-refractivity contribution is -0.0704. The average Bonchev–Trinajstić information content (AvgIpc) is 2.58. The minimum Gasteiger partial charge on any atom is -0.378 e. The number of aromatic nitrogens is 2. The predicted molar refractivity (Wildman–Crippen MR) is 55.7 cm³/mol. The number of hydrogen-bond acceptors (Lipinski definition) is 3. The number of ether oxygens (including phenoxy) is 1. The highest BCUT2D eigenvalue weighted by molar-refractivity contribution is 5.96. The summed E-state index contributed by atoms with van der Waals surface area (Å²) >= 11 is 0. The number of Topliss-reactive ketones (excluding diaryl/α,β-unsaturated/α-hetero) is 1. The third-order valence-corrected chi connectivity index (χ3v) is 3.21. The van der Waals surface area contributed by atoms with Crippen molar-refractivity contribution in [2.45, 2.75) is 31.3 Å². The molecule has 1 fully saturated rings. The molecule has 1 heterocycles. The second kappa shape index (κ2) is 3.77. The van der Waals surface area contributed by atoms with Gasteiger partial charge in [-0.1, -0.05) is 0 Å². The zero-order valence-corrected chi connectivity index (χ0v) is 9.19. The number of hydrogen-bond donors (Lipinski definition) is 0. The summed E-state index contributed by atoms with van der Waals surface area (Å²) in [6.07, 6.45) is 7.00. The number of nitrogens with zero attached hydrogens (tertiary/aromatic N) is 2. The molecule has 0 N–H and O–H groups in total. The number of aryl methyl sites for hydroxylation is 1. The Morgan fingerprint density at radius 2 is 2.40 bits per heavy atom. The second-order valence-corrected chi connectivity index (χ2v) is 4.24. The number of ketones is 1. The molecule has 82 valence electrons. The normalized spacial score (nSPS) is 18.5. The van der Waals surface area contributed by atoms with Crippen LogP contribution in [0.3, 0.4) is 0 Å². The van der Waals surface area contributed by atoms with E-state index in [1.54, 1.807) is 24.2 Å². The zero-order valence-electron chi connectivity index (χ0n) is 9.19. The number of rotatable bonds is 4. The van der Waals surface area contributed by atoms with Crippen LogP contribution in [0, 0.1) is 0 Å². The molecule has 0 radical (unpaired) electrons. The van der Waals surface area contributed by atoms with E-state index < -0.39 is 0 Å². The molecule has 1 aromatic rings. The van der Waals surface area contributed by atoms with Gasteiger partial charge in [-0.25, -0.2) is 0 Å². The van der Waals surface area contributed by atoms with Crippen LogP contribution in [-0.4, -0.2) is 28.3 Å². The van der Waals surface area contributed by atoms with Crippen molar-refractivity contribution in [3.63, 3.8) is 0 Å². The van der Waals surface area contributed by atoms with Crippen LogP contribution in [-0.2, 0) is 11.8 Å². The van der Waals surface area contributed by atoms with E-state index in [9.17, 15) is 4.79 Å². The van der Waals surface area contributed by atoms with Crippen molar-refractivity contribution in [3.05, 3.63) is 18.0 Å². The Labute approximate surface area is 89.2 Å². The van der Waals surface area contributed by atoms with Crippen molar-refractivity contribution in [1.82, 2.24) is 9.78 Å². The van der Waals surface area contributed by atoms with Crippen LogP contribution in [0.1, 0.15) is 36.0 Å². The molecule has 4 heteroatoms. The summed E-state index contributed by atoms with van der Waals surface area (Å²) < 4.78 is 7.07. The van der Waals surface area contributed by atoms with E-state index in [0.29, 0.717) is 12.0 Å². The molecule has 1 saturated carbocycles. The fourth-order valence-electron chi connectivity index (χ4n) is 1.98. The molecule has 0 amide bonds. The summed E-state index contributed by atoms with van der Waals surface area (Å²) in [5.41, 5.74) is 0.494. The highest BCUT2D eigenvalue weighted by Gasteiger charge is 2.39. The Hall–Kier alpha value is -1.16. The van der Waals surface area contributed by atoms with Crippen molar-refractivity contribution >= 4 is 5.78 Å². The van der Waals surface area contributed by atoms with Crippen LogP contribution < -0.4 is 0 Å². The molecule has 0 unspecified atom stereocenters. The topological polar surface area (TPSA) is 44.1 Å². The molecular weight excluding hydrogens is 192 g/mol. The van der Waals surface area contributed by atoms with E-state index in [0.717, 1.165) is 19.3 Å².